The molecule has 0 aliphatic rings. The minimum Gasteiger partial charge on any atom is -0.306 e. The molecule has 2 aromatic rings. The van der Waals surface area contributed by atoms with Gasteiger partial charge in [0.05, 0.1) is 11.7 Å². The molecule has 0 saturated carbocycles. The number of hydrogen-bond acceptors (Lipinski definition) is 4. The molecule has 1 unspecified atom stereocenters. The highest BCUT2D eigenvalue weighted by Gasteiger charge is 2.17. The van der Waals surface area contributed by atoms with Gasteiger partial charge in [-0.15, -0.1) is 0 Å². The van der Waals surface area contributed by atoms with E-state index in [1.807, 2.05) is 37.2 Å². The van der Waals surface area contributed by atoms with Crippen LogP contribution in [0.15, 0.2) is 24.9 Å². The zero-order valence-electron chi connectivity index (χ0n) is 10.4. The topological polar surface area (TPSA) is 55.6 Å². The second-order valence-electron chi connectivity index (χ2n) is 4.01. The largest absolute Gasteiger partial charge is 0.306 e. The number of nitrogens with one attached hydrogen (secondary N) is 1. The van der Waals surface area contributed by atoms with Gasteiger partial charge in [-0.25, -0.2) is 9.97 Å². The maximum Gasteiger partial charge on any atom is 0.115 e. The zero-order valence-corrected chi connectivity index (χ0v) is 10.4. The van der Waals surface area contributed by atoms with E-state index in [4.69, 9.17) is 0 Å². The Morgan fingerprint density at radius 3 is 2.59 bits per heavy atom. The van der Waals surface area contributed by atoms with Crippen molar-refractivity contribution >= 4 is 0 Å². The zero-order chi connectivity index (χ0) is 12.3. The van der Waals surface area contributed by atoms with Gasteiger partial charge < -0.3 is 5.32 Å². The average molecular weight is 231 g/mol. The van der Waals surface area contributed by atoms with Crippen molar-refractivity contribution in [2.45, 2.75) is 19.9 Å². The number of aromatic nitrogens is 4. The van der Waals surface area contributed by atoms with Crippen molar-refractivity contribution in [3.63, 3.8) is 0 Å². The van der Waals surface area contributed by atoms with E-state index in [1.165, 1.54) is 5.56 Å². The third-order valence-corrected chi connectivity index (χ3v) is 2.68. The van der Waals surface area contributed by atoms with Crippen LogP contribution in [0.5, 0.6) is 0 Å². The van der Waals surface area contributed by atoms with Crippen LogP contribution >= 0.6 is 0 Å². The lowest BCUT2D eigenvalue weighted by atomic mass is 10.0. The Kier molecular flexibility index (Phi) is 3.49. The second kappa shape index (κ2) is 5.05. The first-order valence-electron chi connectivity index (χ1n) is 5.70. The minimum absolute atomic E-state index is 0.106. The first-order chi connectivity index (χ1) is 8.22. The molecule has 0 saturated heterocycles. The Labute approximate surface area is 101 Å². The first-order valence-corrected chi connectivity index (χ1v) is 5.70. The van der Waals surface area contributed by atoms with Crippen molar-refractivity contribution in [1.82, 2.24) is 25.1 Å². The monoisotopic (exact) mass is 231 g/mol. The van der Waals surface area contributed by atoms with Gasteiger partial charge in [0.25, 0.3) is 0 Å². The van der Waals surface area contributed by atoms with Crippen LogP contribution in [-0.4, -0.2) is 26.3 Å². The summed E-state index contributed by atoms with van der Waals surface area (Å²) in [6.45, 7) is 4.99. The predicted molar refractivity (Wildman–Crippen MR) is 65.5 cm³/mol. The molecule has 17 heavy (non-hydrogen) atoms. The lowest BCUT2D eigenvalue weighted by Crippen LogP contribution is -2.22. The average Bonchev–Trinajstić information content (AvgIpc) is 2.66. The summed E-state index contributed by atoms with van der Waals surface area (Å²) in [6.07, 6.45) is 7.26. The van der Waals surface area contributed by atoms with Crippen LogP contribution < -0.4 is 5.32 Å². The normalized spacial score (nSPS) is 12.6. The van der Waals surface area contributed by atoms with Crippen LogP contribution in [0.3, 0.4) is 0 Å². The second-order valence-corrected chi connectivity index (χ2v) is 4.01. The van der Waals surface area contributed by atoms with Crippen molar-refractivity contribution in [1.29, 1.82) is 0 Å². The Hall–Kier alpha value is -1.75. The fourth-order valence-electron chi connectivity index (χ4n) is 1.97. The minimum atomic E-state index is 0.106. The fraction of sp³-hybridized carbons (Fsp3) is 0.417. The highest BCUT2D eigenvalue weighted by Crippen LogP contribution is 2.22. The molecule has 0 aromatic carbocycles. The van der Waals surface area contributed by atoms with Crippen LogP contribution in [0.1, 0.15) is 29.8 Å². The summed E-state index contributed by atoms with van der Waals surface area (Å²) in [7, 11) is 1.93. The van der Waals surface area contributed by atoms with Crippen LogP contribution in [0.2, 0.25) is 0 Å². The van der Waals surface area contributed by atoms with E-state index in [9.17, 15) is 0 Å². The highest BCUT2D eigenvalue weighted by atomic mass is 15.3. The van der Waals surface area contributed by atoms with E-state index in [2.05, 4.69) is 27.3 Å². The quantitative estimate of drug-likeness (QED) is 0.859. The smallest absolute Gasteiger partial charge is 0.115 e. The van der Waals surface area contributed by atoms with E-state index >= 15 is 0 Å². The molecule has 0 aliphatic carbocycles. The van der Waals surface area contributed by atoms with Crippen molar-refractivity contribution in [2.75, 3.05) is 6.54 Å². The van der Waals surface area contributed by atoms with Crippen molar-refractivity contribution < 1.29 is 0 Å². The van der Waals surface area contributed by atoms with Crippen LogP contribution in [0.25, 0.3) is 0 Å². The third-order valence-electron chi connectivity index (χ3n) is 2.68. The molecule has 5 nitrogen and oxygen atoms in total. The van der Waals surface area contributed by atoms with Crippen LogP contribution in [-0.2, 0) is 7.05 Å². The molecule has 0 amide bonds. The first kappa shape index (κ1) is 11.7. The lowest BCUT2D eigenvalue weighted by Gasteiger charge is -2.16. The summed E-state index contributed by atoms with van der Waals surface area (Å²) < 4.78 is 1.83. The predicted octanol–water partition coefficient (Wildman–Crippen LogP) is 1.22. The maximum atomic E-state index is 4.38. The molecule has 2 rings (SSSR count). The van der Waals surface area contributed by atoms with Gasteiger partial charge >= 0.3 is 0 Å². The number of nitrogens with zero attached hydrogens (tertiary/aromatic N) is 4. The third kappa shape index (κ3) is 2.50. The number of rotatable bonds is 4. The van der Waals surface area contributed by atoms with Gasteiger partial charge in [0, 0.05) is 36.8 Å². The Morgan fingerprint density at radius 1 is 1.35 bits per heavy atom. The summed E-state index contributed by atoms with van der Waals surface area (Å²) in [5.41, 5.74) is 3.26. The lowest BCUT2D eigenvalue weighted by molar-refractivity contribution is 0.622. The molecule has 0 spiro atoms. The molecule has 0 aliphatic heterocycles. The molecule has 0 fully saturated rings. The highest BCUT2D eigenvalue weighted by molar-refractivity contribution is 5.29. The number of aryl methyl sites for hydroxylation is 2. The molecular weight excluding hydrogens is 214 g/mol. The Balaban J connectivity index is 2.39. The summed E-state index contributed by atoms with van der Waals surface area (Å²) in [5.74, 6) is 0. The standard InChI is InChI=1S/C12H17N5/c1-4-15-12(10-5-13-8-14-6-10)11-7-17(3)16-9(11)2/h5-8,12,15H,4H2,1-3H3. The van der Waals surface area contributed by atoms with E-state index in [0.29, 0.717) is 0 Å². The van der Waals surface area contributed by atoms with Crippen LogP contribution in [0, 0.1) is 6.92 Å². The van der Waals surface area contributed by atoms with Gasteiger partial charge in [-0.3, -0.25) is 4.68 Å². The molecule has 0 radical (unpaired) electrons. The molecule has 0 bridgehead atoms. The van der Waals surface area contributed by atoms with Gasteiger partial charge in [-0.2, -0.15) is 5.10 Å². The molecule has 90 valence electrons. The molecule has 1 N–H and O–H groups in total. The molecule has 2 heterocycles. The molecule has 2 aromatic heterocycles. The van der Waals surface area contributed by atoms with E-state index in [1.54, 1.807) is 6.33 Å². The Morgan fingerprint density at radius 2 is 2.06 bits per heavy atom. The van der Waals surface area contributed by atoms with Crippen molar-refractivity contribution in [2.24, 2.45) is 7.05 Å². The number of hydrogen-bond donors (Lipinski definition) is 1. The SMILES string of the molecule is CCNC(c1cncnc1)c1cn(C)nc1C. The molecule has 1 atom stereocenters. The summed E-state index contributed by atoms with van der Waals surface area (Å²) >= 11 is 0. The molecule has 5 heteroatoms. The van der Waals surface area contributed by atoms with E-state index < -0.39 is 0 Å². The summed E-state index contributed by atoms with van der Waals surface area (Å²) in [5, 5.41) is 7.81. The van der Waals surface area contributed by atoms with Crippen LogP contribution in [0.4, 0.5) is 0 Å². The summed E-state index contributed by atoms with van der Waals surface area (Å²) in [6, 6.07) is 0.106. The Bertz CT molecular complexity index is 477. The van der Waals surface area contributed by atoms with Gasteiger partial charge in [-0.05, 0) is 13.5 Å². The van der Waals surface area contributed by atoms with E-state index in [-0.39, 0.29) is 6.04 Å². The fourth-order valence-corrected chi connectivity index (χ4v) is 1.97. The maximum absolute atomic E-state index is 4.38. The van der Waals surface area contributed by atoms with Gasteiger partial charge in [-0.1, -0.05) is 6.92 Å². The van der Waals surface area contributed by atoms with E-state index in [0.717, 1.165) is 17.8 Å². The van der Waals surface area contributed by atoms with Gasteiger partial charge in [0.15, 0.2) is 0 Å². The van der Waals surface area contributed by atoms with Gasteiger partial charge in [0.1, 0.15) is 6.33 Å². The van der Waals surface area contributed by atoms with Crippen molar-refractivity contribution in [3.05, 3.63) is 41.7 Å². The molecular formula is C12H17N5. The van der Waals surface area contributed by atoms with Crippen molar-refractivity contribution in [3.8, 4) is 0 Å². The summed E-state index contributed by atoms with van der Waals surface area (Å²) in [4.78, 5) is 8.14. The van der Waals surface area contributed by atoms with Gasteiger partial charge in [0.2, 0.25) is 0 Å².